The van der Waals surface area contributed by atoms with Gasteiger partial charge in [0.15, 0.2) is 0 Å². The number of amides is 1. The van der Waals surface area contributed by atoms with Crippen molar-refractivity contribution in [3.8, 4) is 0 Å². The van der Waals surface area contributed by atoms with Crippen molar-refractivity contribution >= 4 is 29.1 Å². The van der Waals surface area contributed by atoms with Crippen LogP contribution in [0.1, 0.15) is 22.0 Å². The maximum atomic E-state index is 13.3. The van der Waals surface area contributed by atoms with Gasteiger partial charge in [0.1, 0.15) is 11.9 Å². The Morgan fingerprint density at radius 1 is 1.17 bits per heavy atom. The van der Waals surface area contributed by atoms with Gasteiger partial charge in [-0.2, -0.15) is 0 Å². The fourth-order valence-electron chi connectivity index (χ4n) is 2.60. The molecule has 1 aliphatic rings. The van der Waals surface area contributed by atoms with Gasteiger partial charge in [0.25, 0.3) is 5.91 Å². The summed E-state index contributed by atoms with van der Waals surface area (Å²) < 4.78 is 19.0. The quantitative estimate of drug-likeness (QED) is 0.803. The van der Waals surface area contributed by atoms with Crippen molar-refractivity contribution in [3.63, 3.8) is 0 Å². The van der Waals surface area contributed by atoms with Crippen molar-refractivity contribution in [2.45, 2.75) is 6.10 Å². The maximum absolute atomic E-state index is 13.3. The maximum Gasteiger partial charge on any atom is 0.254 e. The summed E-state index contributed by atoms with van der Waals surface area (Å²) in [6, 6.07) is 10.9. The molecule has 23 heavy (non-hydrogen) atoms. The van der Waals surface area contributed by atoms with Gasteiger partial charge in [0.2, 0.25) is 0 Å². The normalized spacial score (nSPS) is 18.0. The summed E-state index contributed by atoms with van der Waals surface area (Å²) in [6.45, 7) is 1.22. The number of nitrogens with zero attached hydrogens (tertiary/aromatic N) is 1. The van der Waals surface area contributed by atoms with Gasteiger partial charge in [-0.05, 0) is 42.0 Å². The van der Waals surface area contributed by atoms with Gasteiger partial charge in [-0.3, -0.25) is 4.79 Å². The first kappa shape index (κ1) is 16.2. The summed E-state index contributed by atoms with van der Waals surface area (Å²) in [5.41, 5.74) is 1.15. The van der Waals surface area contributed by atoms with Gasteiger partial charge < -0.3 is 9.64 Å². The van der Waals surface area contributed by atoms with E-state index < -0.39 is 5.82 Å². The fraction of sp³-hybridized carbons (Fsp3) is 0.235. The second kappa shape index (κ2) is 6.87. The van der Waals surface area contributed by atoms with Crippen LogP contribution in [0, 0.1) is 5.82 Å². The Balaban J connectivity index is 1.79. The monoisotopic (exact) mass is 353 g/mol. The number of rotatable bonds is 2. The molecule has 6 heteroatoms. The van der Waals surface area contributed by atoms with E-state index in [1.165, 1.54) is 18.2 Å². The van der Waals surface area contributed by atoms with Gasteiger partial charge in [0.05, 0.1) is 13.2 Å². The first-order chi connectivity index (χ1) is 11.0. The number of benzene rings is 2. The zero-order chi connectivity index (χ0) is 16.4. The molecule has 2 aromatic carbocycles. The fourth-order valence-corrected chi connectivity index (χ4v) is 3.14. The molecule has 1 atom stereocenters. The number of hydrogen-bond donors (Lipinski definition) is 0. The molecule has 3 rings (SSSR count). The minimum atomic E-state index is -0.428. The zero-order valence-electron chi connectivity index (χ0n) is 12.1. The highest BCUT2D eigenvalue weighted by Gasteiger charge is 2.26. The standard InChI is InChI=1S/C17H14Cl2FNO2/c18-13-6-12(7-14(19)9-13)16-10-21(4-5-23-16)17(22)11-2-1-3-15(20)8-11/h1-3,6-9,16H,4-5,10H2. The molecule has 120 valence electrons. The van der Waals surface area contributed by atoms with Crippen molar-refractivity contribution in [2.75, 3.05) is 19.7 Å². The lowest BCUT2D eigenvalue weighted by Gasteiger charge is -2.33. The molecule has 1 heterocycles. The molecule has 0 saturated carbocycles. The summed E-state index contributed by atoms with van der Waals surface area (Å²) in [6.07, 6.45) is -0.308. The number of ether oxygens (including phenoxy) is 1. The van der Waals surface area contributed by atoms with Crippen LogP contribution in [0.4, 0.5) is 4.39 Å². The van der Waals surface area contributed by atoms with Crippen molar-refractivity contribution in [3.05, 3.63) is 69.5 Å². The molecule has 0 bridgehead atoms. The van der Waals surface area contributed by atoms with Crippen LogP contribution in [0.3, 0.4) is 0 Å². The molecule has 0 radical (unpaired) electrons. The van der Waals surface area contributed by atoms with E-state index in [2.05, 4.69) is 0 Å². The third-order valence-corrected chi connectivity index (χ3v) is 4.12. The van der Waals surface area contributed by atoms with Crippen LogP contribution in [0.25, 0.3) is 0 Å². The van der Waals surface area contributed by atoms with Crippen LogP contribution >= 0.6 is 23.2 Å². The summed E-state index contributed by atoms with van der Waals surface area (Å²) in [5, 5.41) is 1.04. The Kier molecular flexibility index (Phi) is 4.85. The SMILES string of the molecule is O=C(c1cccc(F)c1)N1CCOC(c2cc(Cl)cc(Cl)c2)C1. The summed E-state index contributed by atoms with van der Waals surface area (Å²) in [5.74, 6) is -0.645. The molecule has 0 N–H and O–H groups in total. The van der Waals surface area contributed by atoms with E-state index in [0.29, 0.717) is 35.3 Å². The molecule has 1 amide bonds. The topological polar surface area (TPSA) is 29.5 Å². The highest BCUT2D eigenvalue weighted by atomic mass is 35.5. The lowest BCUT2D eigenvalue weighted by Crippen LogP contribution is -2.42. The number of carbonyl (C=O) groups is 1. The van der Waals surface area contributed by atoms with E-state index in [1.54, 1.807) is 29.2 Å². The Bertz CT molecular complexity index is 718. The molecule has 0 spiro atoms. The Morgan fingerprint density at radius 2 is 1.91 bits per heavy atom. The molecule has 1 saturated heterocycles. The van der Waals surface area contributed by atoms with Crippen LogP contribution in [0.15, 0.2) is 42.5 Å². The molecule has 1 unspecified atom stereocenters. The molecule has 0 aromatic heterocycles. The third kappa shape index (κ3) is 3.83. The van der Waals surface area contributed by atoms with Gasteiger partial charge >= 0.3 is 0 Å². The second-order valence-corrected chi connectivity index (χ2v) is 6.20. The number of halogens is 3. The Morgan fingerprint density at radius 3 is 2.61 bits per heavy atom. The molecular weight excluding hydrogens is 340 g/mol. The molecule has 3 nitrogen and oxygen atoms in total. The van der Waals surface area contributed by atoms with Gasteiger partial charge in [-0.25, -0.2) is 4.39 Å². The van der Waals surface area contributed by atoms with Crippen LogP contribution in [-0.4, -0.2) is 30.5 Å². The van der Waals surface area contributed by atoms with Gasteiger partial charge in [-0.1, -0.05) is 29.3 Å². The van der Waals surface area contributed by atoms with Gasteiger partial charge in [-0.15, -0.1) is 0 Å². The zero-order valence-corrected chi connectivity index (χ0v) is 13.6. The summed E-state index contributed by atoms with van der Waals surface area (Å²) in [4.78, 5) is 14.2. The summed E-state index contributed by atoms with van der Waals surface area (Å²) >= 11 is 12.0. The van der Waals surface area contributed by atoms with E-state index in [0.717, 1.165) is 5.56 Å². The van der Waals surface area contributed by atoms with Crippen molar-refractivity contribution in [1.29, 1.82) is 0 Å². The van der Waals surface area contributed by atoms with Crippen LogP contribution in [0.2, 0.25) is 10.0 Å². The van der Waals surface area contributed by atoms with E-state index in [9.17, 15) is 9.18 Å². The first-order valence-corrected chi connectivity index (χ1v) is 7.91. The van der Waals surface area contributed by atoms with Crippen molar-refractivity contribution < 1.29 is 13.9 Å². The minimum Gasteiger partial charge on any atom is -0.370 e. The molecular formula is C17H14Cl2FNO2. The first-order valence-electron chi connectivity index (χ1n) is 7.15. The lowest BCUT2D eigenvalue weighted by molar-refractivity contribution is -0.0228. The van der Waals surface area contributed by atoms with E-state index in [1.807, 2.05) is 0 Å². The number of carbonyl (C=O) groups excluding carboxylic acids is 1. The molecule has 0 aliphatic carbocycles. The predicted molar refractivity (Wildman–Crippen MR) is 87.5 cm³/mol. The van der Waals surface area contributed by atoms with Crippen LogP contribution in [-0.2, 0) is 4.74 Å². The largest absolute Gasteiger partial charge is 0.370 e. The molecule has 2 aromatic rings. The van der Waals surface area contributed by atoms with Gasteiger partial charge in [0, 0.05) is 22.2 Å². The van der Waals surface area contributed by atoms with Crippen LogP contribution in [0.5, 0.6) is 0 Å². The number of morpholine rings is 1. The van der Waals surface area contributed by atoms with Crippen molar-refractivity contribution in [2.24, 2.45) is 0 Å². The van der Waals surface area contributed by atoms with Crippen LogP contribution < -0.4 is 0 Å². The predicted octanol–water partition coefficient (Wildman–Crippen LogP) is 4.35. The lowest BCUT2D eigenvalue weighted by atomic mass is 10.1. The second-order valence-electron chi connectivity index (χ2n) is 5.32. The molecule has 1 fully saturated rings. The minimum absolute atomic E-state index is 0.217. The smallest absolute Gasteiger partial charge is 0.254 e. The highest BCUT2D eigenvalue weighted by Crippen LogP contribution is 2.28. The summed E-state index contributed by atoms with van der Waals surface area (Å²) in [7, 11) is 0. The van der Waals surface area contributed by atoms with Crippen molar-refractivity contribution in [1.82, 2.24) is 4.90 Å². The average molecular weight is 354 g/mol. The average Bonchev–Trinajstić information content (AvgIpc) is 2.53. The number of hydrogen-bond acceptors (Lipinski definition) is 2. The molecule has 1 aliphatic heterocycles. The van der Waals surface area contributed by atoms with E-state index in [4.69, 9.17) is 27.9 Å². The third-order valence-electron chi connectivity index (χ3n) is 3.68. The van der Waals surface area contributed by atoms with E-state index in [-0.39, 0.29) is 12.0 Å². The Hall–Kier alpha value is -1.62. The highest BCUT2D eigenvalue weighted by molar-refractivity contribution is 6.34. The Labute approximate surface area is 143 Å². The van der Waals surface area contributed by atoms with E-state index >= 15 is 0 Å².